The molecule has 0 radical (unpaired) electrons. The van der Waals surface area contributed by atoms with Gasteiger partial charge in [-0.25, -0.2) is 8.42 Å². The lowest BCUT2D eigenvalue weighted by Gasteiger charge is -2.37. The molecule has 0 saturated carbocycles. The van der Waals surface area contributed by atoms with Crippen LogP contribution in [0.15, 0.2) is 0 Å². The van der Waals surface area contributed by atoms with Crippen molar-refractivity contribution < 1.29 is 13.2 Å². The Bertz CT molecular complexity index is 474. The highest BCUT2D eigenvalue weighted by molar-refractivity contribution is 7.89. The van der Waals surface area contributed by atoms with Crippen LogP contribution in [-0.4, -0.2) is 68.0 Å². The van der Waals surface area contributed by atoms with Crippen molar-refractivity contribution in [3.8, 4) is 0 Å². The fourth-order valence-corrected chi connectivity index (χ4v) is 5.14. The lowest BCUT2D eigenvalue weighted by atomic mass is 9.98. The van der Waals surface area contributed by atoms with Gasteiger partial charge < -0.3 is 10.2 Å². The van der Waals surface area contributed by atoms with Gasteiger partial charge in [0.2, 0.25) is 15.9 Å². The molecule has 2 unspecified atom stereocenters. The van der Waals surface area contributed by atoms with E-state index in [0.29, 0.717) is 26.2 Å². The van der Waals surface area contributed by atoms with Gasteiger partial charge in [0.1, 0.15) is 0 Å². The van der Waals surface area contributed by atoms with Crippen molar-refractivity contribution in [2.24, 2.45) is 5.92 Å². The summed E-state index contributed by atoms with van der Waals surface area (Å²) in [5.41, 5.74) is 0. The van der Waals surface area contributed by atoms with Gasteiger partial charge in [0.05, 0.1) is 11.7 Å². The third kappa shape index (κ3) is 4.20. The van der Waals surface area contributed by atoms with Gasteiger partial charge in [-0.1, -0.05) is 13.8 Å². The zero-order chi connectivity index (χ0) is 16.2. The zero-order valence-corrected chi connectivity index (χ0v) is 14.6. The number of piperidine rings is 1. The van der Waals surface area contributed by atoms with Crippen LogP contribution in [0.5, 0.6) is 0 Å². The zero-order valence-electron chi connectivity index (χ0n) is 13.8. The number of likely N-dealkylation sites (tertiary alicyclic amines) is 1. The number of carbonyl (C=O) groups excluding carboxylic acids is 1. The number of hydrogen-bond acceptors (Lipinski definition) is 4. The number of sulfonamides is 1. The maximum atomic E-state index is 12.7. The van der Waals surface area contributed by atoms with E-state index in [-0.39, 0.29) is 17.7 Å². The summed E-state index contributed by atoms with van der Waals surface area (Å²) in [5.74, 6) is -0.532. The summed E-state index contributed by atoms with van der Waals surface area (Å²) in [4.78, 5) is 14.6. The summed E-state index contributed by atoms with van der Waals surface area (Å²) in [6.07, 6.45) is 4.18. The summed E-state index contributed by atoms with van der Waals surface area (Å²) in [6, 6.07) is 0.283. The van der Waals surface area contributed by atoms with Gasteiger partial charge in [-0.2, -0.15) is 4.31 Å². The highest BCUT2D eigenvalue weighted by Crippen LogP contribution is 2.22. The Labute approximate surface area is 134 Å². The van der Waals surface area contributed by atoms with E-state index >= 15 is 0 Å². The van der Waals surface area contributed by atoms with E-state index in [4.69, 9.17) is 0 Å². The van der Waals surface area contributed by atoms with Gasteiger partial charge in [-0.05, 0) is 25.7 Å². The molecule has 6 nitrogen and oxygen atoms in total. The third-order valence-electron chi connectivity index (χ3n) is 4.73. The summed E-state index contributed by atoms with van der Waals surface area (Å²) in [5, 5.41) is 3.15. The van der Waals surface area contributed by atoms with E-state index in [2.05, 4.69) is 12.2 Å². The van der Waals surface area contributed by atoms with Crippen molar-refractivity contribution in [1.29, 1.82) is 0 Å². The van der Waals surface area contributed by atoms with E-state index < -0.39 is 15.9 Å². The highest BCUT2D eigenvalue weighted by atomic mass is 32.2. The lowest BCUT2D eigenvalue weighted by molar-refractivity contribution is -0.138. The number of nitrogens with zero attached hydrogens (tertiary/aromatic N) is 2. The molecule has 128 valence electrons. The van der Waals surface area contributed by atoms with E-state index in [1.807, 2.05) is 4.90 Å². The predicted molar refractivity (Wildman–Crippen MR) is 87.0 cm³/mol. The molecule has 0 spiro atoms. The molecule has 2 atom stereocenters. The average Bonchev–Trinajstić information content (AvgIpc) is 2.54. The quantitative estimate of drug-likeness (QED) is 0.803. The molecule has 1 N–H and O–H groups in total. The minimum absolute atomic E-state index is 0.00487. The molecule has 0 aromatic rings. The van der Waals surface area contributed by atoms with Crippen molar-refractivity contribution in [1.82, 2.24) is 14.5 Å². The van der Waals surface area contributed by atoms with Gasteiger partial charge in [0.15, 0.2) is 0 Å². The molecular weight excluding hydrogens is 302 g/mol. The maximum Gasteiger partial charge on any atom is 0.226 e. The highest BCUT2D eigenvalue weighted by Gasteiger charge is 2.33. The van der Waals surface area contributed by atoms with Crippen LogP contribution in [0.4, 0.5) is 0 Å². The van der Waals surface area contributed by atoms with Gasteiger partial charge >= 0.3 is 0 Å². The number of hydrogen-bond donors (Lipinski definition) is 1. The van der Waals surface area contributed by atoms with Crippen LogP contribution in [0.25, 0.3) is 0 Å². The Hall–Kier alpha value is -0.660. The smallest absolute Gasteiger partial charge is 0.226 e. The predicted octanol–water partition coefficient (Wildman–Crippen LogP) is 0.649. The largest absolute Gasteiger partial charge is 0.339 e. The Balaban J connectivity index is 1.97. The number of nitrogens with one attached hydrogen (secondary N) is 1. The molecule has 0 aliphatic carbocycles. The maximum absolute atomic E-state index is 12.7. The van der Waals surface area contributed by atoms with Gasteiger partial charge in [-0.3, -0.25) is 4.79 Å². The van der Waals surface area contributed by atoms with Crippen molar-refractivity contribution >= 4 is 15.9 Å². The normalized spacial score (nSPS) is 25.9. The van der Waals surface area contributed by atoms with Crippen LogP contribution in [0.3, 0.4) is 0 Å². The summed E-state index contributed by atoms with van der Waals surface area (Å²) in [6.45, 7) is 7.00. The van der Waals surface area contributed by atoms with Crippen LogP contribution in [0.1, 0.15) is 39.5 Å². The summed E-state index contributed by atoms with van der Waals surface area (Å²) < 4.78 is 26.4. The second kappa shape index (κ2) is 7.75. The van der Waals surface area contributed by atoms with Crippen molar-refractivity contribution in [2.75, 3.05) is 38.5 Å². The molecule has 0 bridgehead atoms. The first kappa shape index (κ1) is 17.7. The molecule has 7 heteroatoms. The first-order valence-corrected chi connectivity index (χ1v) is 10.1. The standard InChI is InChI=1S/C15H29N3O3S/c1-3-14-6-4-5-9-18(14)15(19)13(2)12-22(20,21)17-10-7-16-8-11-17/h13-14,16H,3-12H2,1-2H3. The fraction of sp³-hybridized carbons (Fsp3) is 0.933. The topological polar surface area (TPSA) is 69.7 Å². The molecule has 0 aromatic carbocycles. The molecular formula is C15H29N3O3S. The van der Waals surface area contributed by atoms with Gasteiger partial charge in [0.25, 0.3) is 0 Å². The fourth-order valence-electron chi connectivity index (χ4n) is 3.41. The van der Waals surface area contributed by atoms with E-state index in [1.165, 1.54) is 4.31 Å². The Morgan fingerprint density at radius 2 is 1.91 bits per heavy atom. The van der Waals surface area contributed by atoms with Crippen LogP contribution in [-0.2, 0) is 14.8 Å². The summed E-state index contributed by atoms with van der Waals surface area (Å²) >= 11 is 0. The Kier molecular flexibility index (Phi) is 6.23. The molecule has 2 saturated heterocycles. The van der Waals surface area contributed by atoms with Crippen molar-refractivity contribution in [3.63, 3.8) is 0 Å². The monoisotopic (exact) mass is 331 g/mol. The number of piperazine rings is 1. The Morgan fingerprint density at radius 1 is 1.23 bits per heavy atom. The molecule has 1 amide bonds. The first-order chi connectivity index (χ1) is 10.5. The molecule has 2 heterocycles. The SMILES string of the molecule is CCC1CCCCN1C(=O)C(C)CS(=O)(=O)N1CCNCC1. The van der Waals surface area contributed by atoms with E-state index in [1.54, 1.807) is 6.92 Å². The molecule has 0 aromatic heterocycles. The van der Waals surface area contributed by atoms with Crippen LogP contribution in [0, 0.1) is 5.92 Å². The van der Waals surface area contributed by atoms with Crippen molar-refractivity contribution in [2.45, 2.75) is 45.6 Å². The third-order valence-corrected chi connectivity index (χ3v) is 6.81. The molecule has 2 fully saturated rings. The average molecular weight is 331 g/mol. The van der Waals surface area contributed by atoms with Gasteiger partial charge in [0, 0.05) is 38.8 Å². The minimum Gasteiger partial charge on any atom is -0.339 e. The minimum atomic E-state index is -3.34. The summed E-state index contributed by atoms with van der Waals surface area (Å²) in [7, 11) is -3.34. The van der Waals surface area contributed by atoms with Crippen molar-refractivity contribution in [3.05, 3.63) is 0 Å². The molecule has 2 aliphatic heterocycles. The molecule has 22 heavy (non-hydrogen) atoms. The molecule has 2 aliphatic rings. The van der Waals surface area contributed by atoms with E-state index in [0.717, 1.165) is 32.2 Å². The Morgan fingerprint density at radius 3 is 2.55 bits per heavy atom. The van der Waals surface area contributed by atoms with E-state index in [9.17, 15) is 13.2 Å². The second-order valence-corrected chi connectivity index (χ2v) is 8.43. The van der Waals surface area contributed by atoms with Gasteiger partial charge in [-0.15, -0.1) is 0 Å². The first-order valence-electron chi connectivity index (χ1n) is 8.44. The number of amides is 1. The lowest BCUT2D eigenvalue weighted by Crippen LogP contribution is -2.50. The number of carbonyl (C=O) groups is 1. The second-order valence-electron chi connectivity index (χ2n) is 6.42. The van der Waals surface area contributed by atoms with Crippen LogP contribution >= 0.6 is 0 Å². The van der Waals surface area contributed by atoms with Crippen LogP contribution in [0.2, 0.25) is 0 Å². The molecule has 2 rings (SSSR count). The number of rotatable bonds is 5. The van der Waals surface area contributed by atoms with Crippen LogP contribution < -0.4 is 5.32 Å².